The zero-order valence-corrected chi connectivity index (χ0v) is 10.0. The minimum atomic E-state index is -1.17. The van der Waals surface area contributed by atoms with Gasteiger partial charge in [0.15, 0.2) is 0 Å². The second kappa shape index (κ2) is 7.40. The number of hydrogen-bond acceptors (Lipinski definition) is 4. The summed E-state index contributed by atoms with van der Waals surface area (Å²) in [5.74, 6) is -2.72. The van der Waals surface area contributed by atoms with Crippen molar-refractivity contribution in [2.24, 2.45) is 17.8 Å². The number of Topliss-reactive ketones (excluding diaryl/α,β-unsaturated/α-hetero) is 1. The van der Waals surface area contributed by atoms with Gasteiger partial charge in [0, 0.05) is 17.8 Å². The van der Waals surface area contributed by atoms with Crippen molar-refractivity contribution in [3.8, 4) is 12.1 Å². The van der Waals surface area contributed by atoms with Crippen LogP contribution in [0.1, 0.15) is 33.1 Å². The van der Waals surface area contributed by atoms with Gasteiger partial charge < -0.3 is 5.11 Å². The highest BCUT2D eigenvalue weighted by atomic mass is 16.4. The van der Waals surface area contributed by atoms with Crippen LogP contribution in [0.2, 0.25) is 0 Å². The number of carbonyl (C=O) groups is 2. The van der Waals surface area contributed by atoms with Crippen LogP contribution < -0.4 is 0 Å². The minimum Gasteiger partial charge on any atom is -0.481 e. The maximum Gasteiger partial charge on any atom is 0.310 e. The first kappa shape index (κ1) is 15.1. The molecule has 0 heterocycles. The number of ketones is 1. The second-order valence-electron chi connectivity index (χ2n) is 4.27. The van der Waals surface area contributed by atoms with E-state index in [1.165, 1.54) is 0 Å². The van der Waals surface area contributed by atoms with Crippen LogP contribution in [0.3, 0.4) is 0 Å². The first-order valence-electron chi connectivity index (χ1n) is 5.44. The highest BCUT2D eigenvalue weighted by Crippen LogP contribution is 2.22. The third kappa shape index (κ3) is 6.32. The second-order valence-corrected chi connectivity index (χ2v) is 4.27. The molecule has 0 rings (SSSR count). The average molecular weight is 236 g/mol. The molecule has 0 aromatic rings. The monoisotopic (exact) mass is 236 g/mol. The fourth-order valence-electron chi connectivity index (χ4n) is 1.61. The Morgan fingerprint density at radius 2 is 1.53 bits per heavy atom. The van der Waals surface area contributed by atoms with E-state index in [2.05, 4.69) is 0 Å². The van der Waals surface area contributed by atoms with Gasteiger partial charge >= 0.3 is 5.97 Å². The molecule has 0 fully saturated rings. The Balaban J connectivity index is 4.62. The summed E-state index contributed by atoms with van der Waals surface area (Å²) < 4.78 is 0. The molecule has 92 valence electrons. The van der Waals surface area contributed by atoms with Crippen LogP contribution in [-0.2, 0) is 9.59 Å². The highest BCUT2D eigenvalue weighted by molar-refractivity contribution is 5.96. The standard InChI is InChI=1S/C12H16N2O3/c1-8(6-13)3-10(4-9(2)7-14)11(15)5-12(16)17/h8-10H,3-5H2,1-2H3,(H,16,17). The Morgan fingerprint density at radius 3 is 1.82 bits per heavy atom. The number of carboxylic acid groups (broad SMARTS) is 1. The Morgan fingerprint density at radius 1 is 1.12 bits per heavy atom. The third-order valence-corrected chi connectivity index (χ3v) is 2.50. The molecule has 0 bridgehead atoms. The lowest BCUT2D eigenvalue weighted by Gasteiger charge is -2.16. The van der Waals surface area contributed by atoms with E-state index < -0.39 is 24.1 Å². The Kier molecular flexibility index (Phi) is 6.58. The Hall–Kier alpha value is -1.88. The maximum atomic E-state index is 11.7. The van der Waals surface area contributed by atoms with E-state index in [1.54, 1.807) is 13.8 Å². The molecule has 0 aliphatic carbocycles. The van der Waals surface area contributed by atoms with Crippen molar-refractivity contribution in [1.82, 2.24) is 0 Å². The van der Waals surface area contributed by atoms with Crippen molar-refractivity contribution in [3.63, 3.8) is 0 Å². The molecular weight excluding hydrogens is 220 g/mol. The molecule has 0 spiro atoms. The fourth-order valence-corrected chi connectivity index (χ4v) is 1.61. The van der Waals surface area contributed by atoms with E-state index in [9.17, 15) is 9.59 Å². The SMILES string of the molecule is CC(C#N)CC(CC(C)C#N)C(=O)CC(=O)O. The van der Waals surface area contributed by atoms with Gasteiger partial charge in [0.25, 0.3) is 0 Å². The summed E-state index contributed by atoms with van der Waals surface area (Å²) in [5, 5.41) is 26.0. The molecule has 0 aromatic carbocycles. The molecular formula is C12H16N2O3. The van der Waals surface area contributed by atoms with Crippen LogP contribution >= 0.6 is 0 Å². The number of carbonyl (C=O) groups excluding carboxylic acids is 1. The predicted octanol–water partition coefficient (Wildman–Crippen LogP) is 1.75. The van der Waals surface area contributed by atoms with Crippen LogP contribution in [-0.4, -0.2) is 16.9 Å². The molecule has 17 heavy (non-hydrogen) atoms. The number of hydrogen-bond donors (Lipinski definition) is 1. The fraction of sp³-hybridized carbons (Fsp3) is 0.667. The molecule has 0 saturated heterocycles. The highest BCUT2D eigenvalue weighted by Gasteiger charge is 2.24. The number of aliphatic carboxylic acids is 1. The van der Waals surface area contributed by atoms with Crippen molar-refractivity contribution < 1.29 is 14.7 Å². The Labute approximate surface area is 101 Å². The summed E-state index contributed by atoms with van der Waals surface area (Å²) in [5.41, 5.74) is 0. The Bertz CT molecular complexity index is 343. The van der Waals surface area contributed by atoms with Gasteiger partial charge in [0.05, 0.1) is 12.1 Å². The molecule has 5 nitrogen and oxygen atoms in total. The molecule has 2 atom stereocenters. The van der Waals surface area contributed by atoms with Gasteiger partial charge in [-0.3, -0.25) is 9.59 Å². The van der Waals surface area contributed by atoms with E-state index in [-0.39, 0.29) is 11.8 Å². The van der Waals surface area contributed by atoms with Crippen molar-refractivity contribution in [2.45, 2.75) is 33.1 Å². The van der Waals surface area contributed by atoms with Crippen molar-refractivity contribution in [3.05, 3.63) is 0 Å². The summed E-state index contributed by atoms with van der Waals surface area (Å²) in [6.45, 7) is 3.36. The zero-order valence-electron chi connectivity index (χ0n) is 10.0. The zero-order chi connectivity index (χ0) is 13.4. The number of carboxylic acids is 1. The van der Waals surface area contributed by atoms with Crippen LogP contribution in [0.5, 0.6) is 0 Å². The molecule has 5 heteroatoms. The first-order chi connectivity index (χ1) is 7.90. The van der Waals surface area contributed by atoms with Gasteiger partial charge in [-0.05, 0) is 26.7 Å². The van der Waals surface area contributed by atoms with Gasteiger partial charge in [0.1, 0.15) is 12.2 Å². The van der Waals surface area contributed by atoms with Gasteiger partial charge in [0.2, 0.25) is 0 Å². The molecule has 0 aliphatic heterocycles. The first-order valence-corrected chi connectivity index (χ1v) is 5.44. The lowest BCUT2D eigenvalue weighted by Crippen LogP contribution is -2.22. The third-order valence-electron chi connectivity index (χ3n) is 2.50. The molecule has 0 radical (unpaired) electrons. The van der Waals surface area contributed by atoms with E-state index in [0.29, 0.717) is 12.8 Å². The smallest absolute Gasteiger partial charge is 0.310 e. The van der Waals surface area contributed by atoms with Gasteiger partial charge in [-0.25, -0.2) is 0 Å². The van der Waals surface area contributed by atoms with Crippen LogP contribution in [0.4, 0.5) is 0 Å². The lowest BCUT2D eigenvalue weighted by atomic mass is 9.85. The normalized spacial score (nSPS) is 15.1. The maximum absolute atomic E-state index is 11.7. The summed E-state index contributed by atoms with van der Waals surface area (Å²) >= 11 is 0. The van der Waals surface area contributed by atoms with Crippen molar-refractivity contribution in [2.75, 3.05) is 0 Å². The molecule has 0 aromatic heterocycles. The van der Waals surface area contributed by atoms with Gasteiger partial charge in [-0.1, -0.05) is 0 Å². The number of nitrogens with zero attached hydrogens (tertiary/aromatic N) is 2. The van der Waals surface area contributed by atoms with Crippen LogP contribution in [0.15, 0.2) is 0 Å². The predicted molar refractivity (Wildman–Crippen MR) is 59.5 cm³/mol. The average Bonchev–Trinajstić information content (AvgIpc) is 2.26. The lowest BCUT2D eigenvalue weighted by molar-refractivity contribution is -0.141. The summed E-state index contributed by atoms with van der Waals surface area (Å²) in [7, 11) is 0. The largest absolute Gasteiger partial charge is 0.481 e. The minimum absolute atomic E-state index is 0.314. The number of nitriles is 2. The van der Waals surface area contributed by atoms with Gasteiger partial charge in [-0.2, -0.15) is 10.5 Å². The molecule has 0 saturated carbocycles. The van der Waals surface area contributed by atoms with Crippen molar-refractivity contribution >= 4 is 11.8 Å². The van der Waals surface area contributed by atoms with Crippen LogP contribution in [0.25, 0.3) is 0 Å². The summed E-state index contributed by atoms with van der Waals surface area (Å²) in [6, 6.07) is 4.02. The van der Waals surface area contributed by atoms with Crippen molar-refractivity contribution in [1.29, 1.82) is 10.5 Å². The topological polar surface area (TPSA) is 102 Å². The molecule has 1 N–H and O–H groups in total. The molecule has 0 amide bonds. The van der Waals surface area contributed by atoms with E-state index in [1.807, 2.05) is 12.1 Å². The number of rotatable bonds is 7. The van der Waals surface area contributed by atoms with E-state index in [4.69, 9.17) is 15.6 Å². The quantitative estimate of drug-likeness (QED) is 0.678. The molecule has 0 aliphatic rings. The van der Waals surface area contributed by atoms with E-state index >= 15 is 0 Å². The summed E-state index contributed by atoms with van der Waals surface area (Å²) in [4.78, 5) is 22.1. The van der Waals surface area contributed by atoms with Gasteiger partial charge in [-0.15, -0.1) is 0 Å². The molecule has 2 unspecified atom stereocenters. The summed E-state index contributed by atoms with van der Waals surface area (Å²) in [6.07, 6.45) is 0.0875. The van der Waals surface area contributed by atoms with Crippen LogP contribution in [0, 0.1) is 40.4 Å². The van der Waals surface area contributed by atoms with E-state index in [0.717, 1.165) is 0 Å².